The van der Waals surface area contributed by atoms with E-state index >= 15 is 4.39 Å². The molecule has 1 amide bonds. The van der Waals surface area contributed by atoms with E-state index in [1.807, 2.05) is 25.1 Å². The number of phenols is 1. The van der Waals surface area contributed by atoms with Crippen LogP contribution in [0.15, 0.2) is 22.6 Å². The number of phenolic OH excluding ortho intramolecular Hbond substituents is 1. The molecule has 1 aromatic heterocycles. The smallest absolute Gasteiger partial charge is 0.441 e. The molecule has 0 bridgehead atoms. The summed E-state index contributed by atoms with van der Waals surface area (Å²) in [7, 11) is -4.46. The zero-order chi connectivity index (χ0) is 28.6. The Morgan fingerprint density at radius 2 is 1.65 bits per heavy atom. The minimum Gasteiger partial charge on any atom is -0.506 e. The number of amides is 1. The predicted octanol–water partition coefficient (Wildman–Crippen LogP) is 6.45. The van der Waals surface area contributed by atoms with Gasteiger partial charge < -0.3 is 23.5 Å². The summed E-state index contributed by atoms with van der Waals surface area (Å²) in [6.45, 7) is 21.3. The molecule has 0 saturated carbocycles. The lowest BCUT2D eigenvalue weighted by Gasteiger charge is -2.35. The highest BCUT2D eigenvalue weighted by atomic mass is 28.4. The highest BCUT2D eigenvalue weighted by Crippen LogP contribution is 2.40. The van der Waals surface area contributed by atoms with Gasteiger partial charge in [-0.05, 0) is 45.0 Å². The molecule has 2 aromatic rings. The number of ether oxygens (including phenoxy) is 1. The van der Waals surface area contributed by atoms with E-state index < -0.39 is 45.6 Å². The lowest BCUT2D eigenvalue weighted by atomic mass is 10.0. The maximum absolute atomic E-state index is 15.8. The normalized spacial score (nSPS) is 12.9. The number of aromatic hydroxyl groups is 1. The number of halogens is 1. The van der Waals surface area contributed by atoms with Gasteiger partial charge in [0.05, 0.1) is 12.2 Å². The van der Waals surface area contributed by atoms with E-state index in [0.717, 1.165) is 0 Å². The molecule has 0 aliphatic carbocycles. The molecule has 2 rings (SSSR count). The molecule has 8 nitrogen and oxygen atoms in total. The number of para-hydroxylation sites is 1. The molecule has 1 aromatic carbocycles. The van der Waals surface area contributed by atoms with Crippen molar-refractivity contribution in [1.29, 1.82) is 0 Å². The van der Waals surface area contributed by atoms with Gasteiger partial charge in [0, 0.05) is 5.56 Å². The maximum Gasteiger partial charge on any atom is 0.441 e. The van der Waals surface area contributed by atoms with E-state index in [1.165, 1.54) is 18.2 Å². The summed E-state index contributed by atoms with van der Waals surface area (Å²) in [5.41, 5.74) is 0.942. The molecule has 0 saturated heterocycles. The van der Waals surface area contributed by atoms with Gasteiger partial charge in [-0.2, -0.15) is 0 Å². The van der Waals surface area contributed by atoms with Crippen LogP contribution in [0, 0.1) is 5.82 Å². The summed E-state index contributed by atoms with van der Waals surface area (Å²) in [6, 6.07) is 4.28. The SMILES string of the molecule is CC(C)(C)OC(=O)NOC(=O)c1cccc(-c2c(CO[Si](C)(C)C(C)(C)C)oc([Si](C)(C)C)c2F)c1O. The highest BCUT2D eigenvalue weighted by molar-refractivity contribution is 6.87. The molecular formula is C26H40FNO7Si2. The Bertz CT molecular complexity index is 1160. The molecule has 0 unspecified atom stereocenters. The van der Waals surface area contributed by atoms with Gasteiger partial charge in [0.15, 0.2) is 14.1 Å². The number of rotatable bonds is 6. The summed E-state index contributed by atoms with van der Waals surface area (Å²) < 4.78 is 33.2. The summed E-state index contributed by atoms with van der Waals surface area (Å²) >= 11 is 0. The van der Waals surface area contributed by atoms with E-state index in [9.17, 15) is 14.7 Å². The van der Waals surface area contributed by atoms with Crippen molar-refractivity contribution in [2.24, 2.45) is 0 Å². The topological polar surface area (TPSA) is 107 Å². The monoisotopic (exact) mass is 553 g/mol. The van der Waals surface area contributed by atoms with Crippen LogP contribution in [0.2, 0.25) is 37.8 Å². The van der Waals surface area contributed by atoms with Crippen LogP contribution in [0.1, 0.15) is 57.7 Å². The van der Waals surface area contributed by atoms with Gasteiger partial charge >= 0.3 is 12.1 Å². The number of nitrogens with one attached hydrogen (secondary N) is 1. The lowest BCUT2D eigenvalue weighted by molar-refractivity contribution is -0.00147. The van der Waals surface area contributed by atoms with Gasteiger partial charge in [0.1, 0.15) is 36.1 Å². The number of carbonyl (C=O) groups excluding carboxylic acids is 2. The zero-order valence-electron chi connectivity index (χ0n) is 23.7. The first-order valence-corrected chi connectivity index (χ1v) is 18.5. The second kappa shape index (κ2) is 10.6. The van der Waals surface area contributed by atoms with Gasteiger partial charge in [0.2, 0.25) is 0 Å². The van der Waals surface area contributed by atoms with E-state index in [0.29, 0.717) is 0 Å². The molecule has 0 aliphatic rings. The Morgan fingerprint density at radius 1 is 1.05 bits per heavy atom. The molecule has 0 atom stereocenters. The third kappa shape index (κ3) is 7.45. The Kier molecular flexibility index (Phi) is 8.78. The molecular weight excluding hydrogens is 513 g/mol. The van der Waals surface area contributed by atoms with Crippen LogP contribution in [0.5, 0.6) is 5.75 Å². The Labute approximate surface area is 220 Å². The quantitative estimate of drug-likeness (QED) is 0.312. The maximum atomic E-state index is 15.8. The van der Waals surface area contributed by atoms with Crippen molar-refractivity contribution in [2.45, 2.75) is 91.5 Å². The predicted molar refractivity (Wildman–Crippen MR) is 146 cm³/mol. The van der Waals surface area contributed by atoms with E-state index in [2.05, 4.69) is 33.9 Å². The fraction of sp³-hybridized carbons (Fsp3) is 0.538. The first-order chi connectivity index (χ1) is 16.7. The summed E-state index contributed by atoms with van der Waals surface area (Å²) in [6.07, 6.45) is -0.970. The van der Waals surface area contributed by atoms with Crippen molar-refractivity contribution in [3.63, 3.8) is 0 Å². The van der Waals surface area contributed by atoms with Gasteiger partial charge in [-0.25, -0.2) is 14.0 Å². The Hall–Kier alpha value is -2.64. The fourth-order valence-corrected chi connectivity index (χ4v) is 5.26. The molecule has 0 radical (unpaired) electrons. The van der Waals surface area contributed by atoms with Crippen LogP contribution in [-0.4, -0.2) is 39.2 Å². The molecule has 0 aliphatic heterocycles. The molecule has 0 fully saturated rings. The Balaban J connectivity index is 2.48. The zero-order valence-corrected chi connectivity index (χ0v) is 25.7. The number of benzene rings is 1. The molecule has 206 valence electrons. The minimum atomic E-state index is -2.25. The van der Waals surface area contributed by atoms with Crippen molar-refractivity contribution < 1.29 is 37.5 Å². The van der Waals surface area contributed by atoms with Crippen LogP contribution < -0.4 is 10.9 Å². The van der Waals surface area contributed by atoms with Crippen LogP contribution in [0.25, 0.3) is 11.1 Å². The molecule has 1 heterocycles. The standard InChI is InChI=1S/C26H40FNO7Si2/c1-25(2,3)34-24(31)28-35-22(30)17-14-12-13-16(21(17)29)19-18(15-32-37(10,11)26(4,5)6)33-23(20(19)27)36(7,8)9/h12-14,29H,15H2,1-11H3,(H,28,31). The second-order valence-electron chi connectivity index (χ2n) is 12.5. The van der Waals surface area contributed by atoms with Crippen molar-refractivity contribution in [2.75, 3.05) is 0 Å². The molecule has 37 heavy (non-hydrogen) atoms. The van der Waals surface area contributed by atoms with Crippen molar-refractivity contribution >= 4 is 33.8 Å². The number of hydroxylamine groups is 1. The molecule has 2 N–H and O–H groups in total. The average Bonchev–Trinajstić information content (AvgIpc) is 3.05. The third-order valence-electron chi connectivity index (χ3n) is 6.13. The number of hydrogen-bond acceptors (Lipinski definition) is 7. The fourth-order valence-electron chi connectivity index (χ4n) is 3.12. The largest absolute Gasteiger partial charge is 0.506 e. The van der Waals surface area contributed by atoms with E-state index in [1.54, 1.807) is 20.8 Å². The van der Waals surface area contributed by atoms with Gasteiger partial charge in [0.25, 0.3) is 0 Å². The number of carbonyl (C=O) groups is 2. The first-order valence-electron chi connectivity index (χ1n) is 12.1. The second-order valence-corrected chi connectivity index (χ2v) is 22.3. The lowest BCUT2D eigenvalue weighted by Crippen LogP contribution is -2.40. The van der Waals surface area contributed by atoms with Crippen molar-refractivity contribution in [1.82, 2.24) is 5.48 Å². The van der Waals surface area contributed by atoms with Crippen molar-refractivity contribution in [3.8, 4) is 16.9 Å². The minimum absolute atomic E-state index is 0.0154. The van der Waals surface area contributed by atoms with Gasteiger partial charge in [-0.3, -0.25) is 0 Å². The summed E-state index contributed by atoms with van der Waals surface area (Å²) in [4.78, 5) is 29.3. The Morgan fingerprint density at radius 3 is 2.16 bits per heavy atom. The van der Waals surface area contributed by atoms with E-state index in [-0.39, 0.29) is 39.5 Å². The summed E-state index contributed by atoms with van der Waals surface area (Å²) in [5.74, 6) is -1.89. The van der Waals surface area contributed by atoms with Gasteiger partial charge in [-0.15, -0.1) is 5.48 Å². The van der Waals surface area contributed by atoms with Crippen LogP contribution in [-0.2, 0) is 20.6 Å². The number of hydrogen-bond donors (Lipinski definition) is 2. The van der Waals surface area contributed by atoms with Crippen LogP contribution in [0.4, 0.5) is 9.18 Å². The molecule has 0 spiro atoms. The third-order valence-corrected chi connectivity index (χ3v) is 12.3. The van der Waals surface area contributed by atoms with Crippen LogP contribution in [0.3, 0.4) is 0 Å². The van der Waals surface area contributed by atoms with E-state index in [4.69, 9.17) is 18.4 Å². The summed E-state index contributed by atoms with van der Waals surface area (Å²) in [5, 5.41) is 11.2. The first kappa shape index (κ1) is 30.6. The average molecular weight is 554 g/mol. The van der Waals surface area contributed by atoms with Crippen LogP contribution >= 0.6 is 0 Å². The molecule has 11 heteroatoms. The van der Waals surface area contributed by atoms with Gasteiger partial charge in [-0.1, -0.05) is 52.5 Å². The van der Waals surface area contributed by atoms with Crippen molar-refractivity contribution in [3.05, 3.63) is 35.3 Å². The number of furan rings is 1. The highest BCUT2D eigenvalue weighted by Gasteiger charge is 2.39.